The van der Waals surface area contributed by atoms with E-state index in [1.807, 2.05) is 0 Å². The molecule has 1 spiro atoms. The van der Waals surface area contributed by atoms with Crippen molar-refractivity contribution in [2.45, 2.75) is 105 Å². The summed E-state index contributed by atoms with van der Waals surface area (Å²) in [5.41, 5.74) is 1.39. The van der Waals surface area contributed by atoms with Crippen molar-refractivity contribution < 1.29 is 0 Å². The lowest BCUT2D eigenvalue weighted by molar-refractivity contribution is -0.0820. The first kappa shape index (κ1) is 18.8. The van der Waals surface area contributed by atoms with Crippen LogP contribution in [0, 0.1) is 16.2 Å². The van der Waals surface area contributed by atoms with Crippen molar-refractivity contribution in [2.24, 2.45) is 16.2 Å². The molecule has 0 fully saturated rings. The lowest BCUT2D eigenvalue weighted by Gasteiger charge is -2.58. The quantitative estimate of drug-likeness (QED) is 0.399. The van der Waals surface area contributed by atoms with Crippen molar-refractivity contribution in [3.05, 3.63) is 24.3 Å². The molecule has 0 saturated heterocycles. The lowest BCUT2D eigenvalue weighted by Crippen LogP contribution is -2.49. The zero-order chi connectivity index (χ0) is 16.8. The summed E-state index contributed by atoms with van der Waals surface area (Å²) in [5, 5.41) is 0. The van der Waals surface area contributed by atoms with E-state index in [1.54, 1.807) is 0 Å². The van der Waals surface area contributed by atoms with E-state index in [2.05, 4.69) is 52.0 Å². The van der Waals surface area contributed by atoms with E-state index in [0.717, 1.165) is 0 Å². The fourth-order valence-electron chi connectivity index (χ4n) is 5.71. The molecule has 0 aromatic carbocycles. The summed E-state index contributed by atoms with van der Waals surface area (Å²) < 4.78 is 0. The maximum absolute atomic E-state index is 2.60. The molecule has 0 aromatic rings. The minimum atomic E-state index is 0.449. The van der Waals surface area contributed by atoms with E-state index in [1.165, 1.54) is 77.0 Å². The van der Waals surface area contributed by atoms with Gasteiger partial charge in [-0.3, -0.25) is 0 Å². The summed E-state index contributed by atoms with van der Waals surface area (Å²) in [7, 11) is 0. The Morgan fingerprint density at radius 1 is 0.478 bits per heavy atom. The second kappa shape index (κ2) is 8.04. The van der Waals surface area contributed by atoms with Crippen LogP contribution in [0.1, 0.15) is 105 Å². The molecule has 2 rings (SSSR count). The maximum atomic E-state index is 2.60. The van der Waals surface area contributed by atoms with Gasteiger partial charge in [0.2, 0.25) is 0 Å². The largest absolute Gasteiger partial charge is 0.0885 e. The highest BCUT2D eigenvalue weighted by molar-refractivity contribution is 5.04. The first-order valence-electron chi connectivity index (χ1n) is 10.2. The SMILES string of the molecule is CC1(C)CCC/C=C\CCCC12CCC/C=C\CCCC2(C)C. The molecule has 0 aromatic heterocycles. The third kappa shape index (κ3) is 4.31. The van der Waals surface area contributed by atoms with Crippen LogP contribution in [0.5, 0.6) is 0 Å². The van der Waals surface area contributed by atoms with Crippen molar-refractivity contribution in [3.63, 3.8) is 0 Å². The standard InChI is InChI=1S/C23H40/c1-21(2)17-13-9-5-7-11-15-19-23(21)20-16-12-8-6-10-14-18-22(23,3)4/h5-8H,9-20H2,1-4H3/b7-5-,8-6-. The minimum absolute atomic E-state index is 0.449. The molecule has 0 heteroatoms. The van der Waals surface area contributed by atoms with Gasteiger partial charge in [0.15, 0.2) is 0 Å². The van der Waals surface area contributed by atoms with E-state index < -0.39 is 0 Å². The average Bonchev–Trinajstić information content (AvgIpc) is 2.49. The van der Waals surface area contributed by atoms with Gasteiger partial charge in [-0.05, 0) is 93.3 Å². The third-order valence-electron chi connectivity index (χ3n) is 7.22. The van der Waals surface area contributed by atoms with Crippen molar-refractivity contribution in [1.82, 2.24) is 0 Å². The zero-order valence-electron chi connectivity index (χ0n) is 16.3. The number of hydrogen-bond donors (Lipinski definition) is 0. The summed E-state index contributed by atoms with van der Waals surface area (Å²) in [6.07, 6.45) is 26.0. The van der Waals surface area contributed by atoms with Crippen molar-refractivity contribution in [1.29, 1.82) is 0 Å². The van der Waals surface area contributed by atoms with E-state index in [0.29, 0.717) is 16.2 Å². The Morgan fingerprint density at radius 3 is 1.13 bits per heavy atom. The highest BCUT2D eigenvalue weighted by atomic mass is 14.6. The topological polar surface area (TPSA) is 0 Å². The number of rotatable bonds is 0. The van der Waals surface area contributed by atoms with Crippen LogP contribution in [0.15, 0.2) is 24.3 Å². The molecule has 0 saturated carbocycles. The Kier molecular flexibility index (Phi) is 6.57. The Morgan fingerprint density at radius 2 is 0.783 bits per heavy atom. The minimum Gasteiger partial charge on any atom is -0.0885 e. The fourth-order valence-corrected chi connectivity index (χ4v) is 5.71. The van der Waals surface area contributed by atoms with Gasteiger partial charge in [-0.25, -0.2) is 0 Å². The third-order valence-corrected chi connectivity index (χ3v) is 7.22. The molecule has 2 aliphatic rings. The monoisotopic (exact) mass is 316 g/mol. The molecule has 0 heterocycles. The number of hydrogen-bond acceptors (Lipinski definition) is 0. The van der Waals surface area contributed by atoms with Crippen molar-refractivity contribution in [2.75, 3.05) is 0 Å². The fraction of sp³-hybridized carbons (Fsp3) is 0.826. The zero-order valence-corrected chi connectivity index (χ0v) is 16.3. The first-order valence-corrected chi connectivity index (χ1v) is 10.2. The summed E-state index contributed by atoms with van der Waals surface area (Å²) in [4.78, 5) is 0. The molecule has 23 heavy (non-hydrogen) atoms. The maximum Gasteiger partial charge on any atom is -0.0195 e. The lowest BCUT2D eigenvalue weighted by atomic mass is 9.47. The van der Waals surface area contributed by atoms with E-state index in [-0.39, 0.29) is 0 Å². The highest BCUT2D eigenvalue weighted by Gasteiger charge is 2.52. The second-order valence-corrected chi connectivity index (χ2v) is 9.36. The van der Waals surface area contributed by atoms with Crippen LogP contribution in [0.3, 0.4) is 0 Å². The average molecular weight is 317 g/mol. The van der Waals surface area contributed by atoms with Gasteiger partial charge in [-0.2, -0.15) is 0 Å². The van der Waals surface area contributed by atoms with Crippen LogP contribution < -0.4 is 0 Å². The van der Waals surface area contributed by atoms with Crippen LogP contribution in [0.4, 0.5) is 0 Å². The Balaban J connectivity index is 2.36. The summed E-state index contributed by atoms with van der Waals surface area (Å²) in [5.74, 6) is 0. The van der Waals surface area contributed by atoms with Crippen molar-refractivity contribution >= 4 is 0 Å². The molecule has 0 atom stereocenters. The van der Waals surface area contributed by atoms with Gasteiger partial charge in [-0.15, -0.1) is 0 Å². The molecule has 0 bridgehead atoms. The van der Waals surface area contributed by atoms with Crippen LogP contribution in [-0.2, 0) is 0 Å². The highest BCUT2D eigenvalue weighted by Crippen LogP contribution is 2.61. The normalized spacial score (nSPS) is 31.1. The van der Waals surface area contributed by atoms with Crippen LogP contribution in [-0.4, -0.2) is 0 Å². The molecular weight excluding hydrogens is 276 g/mol. The predicted molar refractivity (Wildman–Crippen MR) is 104 cm³/mol. The van der Waals surface area contributed by atoms with E-state index in [4.69, 9.17) is 0 Å². The molecule has 0 aliphatic heterocycles. The van der Waals surface area contributed by atoms with Gasteiger partial charge in [0.1, 0.15) is 0 Å². The van der Waals surface area contributed by atoms with Gasteiger partial charge < -0.3 is 0 Å². The van der Waals surface area contributed by atoms with E-state index in [9.17, 15) is 0 Å². The van der Waals surface area contributed by atoms with Gasteiger partial charge >= 0.3 is 0 Å². The van der Waals surface area contributed by atoms with E-state index >= 15 is 0 Å². The van der Waals surface area contributed by atoms with Gasteiger partial charge in [0.05, 0.1) is 0 Å². The number of allylic oxidation sites excluding steroid dienone is 4. The smallest absolute Gasteiger partial charge is 0.0195 e. The molecule has 2 aliphatic carbocycles. The van der Waals surface area contributed by atoms with Crippen LogP contribution in [0.2, 0.25) is 0 Å². The van der Waals surface area contributed by atoms with Crippen LogP contribution >= 0.6 is 0 Å². The van der Waals surface area contributed by atoms with Gasteiger partial charge in [0.25, 0.3) is 0 Å². The van der Waals surface area contributed by atoms with Crippen LogP contribution in [0.25, 0.3) is 0 Å². The predicted octanol–water partition coefficient (Wildman–Crippen LogP) is 7.85. The molecular formula is C23H40. The molecule has 0 amide bonds. The second-order valence-electron chi connectivity index (χ2n) is 9.36. The summed E-state index contributed by atoms with van der Waals surface area (Å²) in [6.45, 7) is 10.4. The summed E-state index contributed by atoms with van der Waals surface area (Å²) >= 11 is 0. The van der Waals surface area contributed by atoms with Crippen molar-refractivity contribution in [3.8, 4) is 0 Å². The van der Waals surface area contributed by atoms with Gasteiger partial charge in [0, 0.05) is 0 Å². The summed E-state index contributed by atoms with van der Waals surface area (Å²) in [6, 6.07) is 0. The Labute approximate surface area is 145 Å². The first-order chi connectivity index (χ1) is 10.9. The molecule has 0 radical (unpaired) electrons. The molecule has 0 N–H and O–H groups in total. The molecule has 0 unspecified atom stereocenters. The Bertz CT molecular complexity index is 368. The Hall–Kier alpha value is -0.520. The van der Waals surface area contributed by atoms with Gasteiger partial charge in [-0.1, -0.05) is 52.0 Å². The molecule has 0 nitrogen and oxygen atoms in total. The molecule has 132 valence electrons.